The van der Waals surface area contributed by atoms with Crippen molar-refractivity contribution >= 4 is 6.29 Å². The molecule has 1 aromatic rings. The first-order valence-corrected chi connectivity index (χ1v) is 5.06. The highest BCUT2D eigenvalue weighted by Crippen LogP contribution is 2.07. The van der Waals surface area contributed by atoms with E-state index in [1.165, 1.54) is 0 Å². The van der Waals surface area contributed by atoms with E-state index in [4.69, 9.17) is 14.2 Å². The van der Waals surface area contributed by atoms with Gasteiger partial charge in [-0.25, -0.2) is 0 Å². The van der Waals surface area contributed by atoms with Crippen LogP contribution in [0.5, 0.6) is 0 Å². The molecule has 0 bridgehead atoms. The van der Waals surface area contributed by atoms with Gasteiger partial charge >= 0.3 is 0 Å². The number of ether oxygens (including phenoxy) is 3. The summed E-state index contributed by atoms with van der Waals surface area (Å²) in [6.45, 7) is 1.64. The maximum Gasteiger partial charge on any atom is 0.150 e. The number of rotatable bonds is 8. The van der Waals surface area contributed by atoms with Crippen molar-refractivity contribution in [3.63, 3.8) is 0 Å². The first kappa shape index (κ1) is 12.8. The minimum absolute atomic E-state index is 0.205. The molecule has 0 fully saturated rings. The molecule has 0 N–H and O–H groups in total. The van der Waals surface area contributed by atoms with Crippen molar-refractivity contribution in [3.8, 4) is 0 Å². The standard InChI is InChI=1S/C12H16O4/c1-14-6-7-15-10-16-9-12-5-3-2-4-11(12)8-13/h2-5,8H,6-7,9-10H2,1H3. The molecule has 1 aromatic carbocycles. The summed E-state index contributed by atoms with van der Waals surface area (Å²) in [5.41, 5.74) is 1.52. The van der Waals surface area contributed by atoms with Gasteiger partial charge in [-0.05, 0) is 5.56 Å². The van der Waals surface area contributed by atoms with Gasteiger partial charge in [0.1, 0.15) is 13.1 Å². The molecule has 0 spiro atoms. The summed E-state index contributed by atoms with van der Waals surface area (Å²) in [5, 5.41) is 0. The lowest BCUT2D eigenvalue weighted by Gasteiger charge is -2.06. The third-order valence-electron chi connectivity index (χ3n) is 2.04. The first-order chi connectivity index (χ1) is 7.88. The van der Waals surface area contributed by atoms with Crippen LogP contribution < -0.4 is 0 Å². The van der Waals surface area contributed by atoms with E-state index in [2.05, 4.69) is 0 Å². The summed E-state index contributed by atoms with van der Waals surface area (Å²) >= 11 is 0. The molecule has 0 amide bonds. The predicted octanol–water partition coefficient (Wildman–Crippen LogP) is 1.64. The lowest BCUT2D eigenvalue weighted by molar-refractivity contribution is -0.0725. The highest BCUT2D eigenvalue weighted by atomic mass is 16.7. The Balaban J connectivity index is 2.23. The van der Waals surface area contributed by atoms with Crippen molar-refractivity contribution in [2.45, 2.75) is 6.61 Å². The SMILES string of the molecule is COCCOCOCc1ccccc1C=O. The molecule has 0 saturated heterocycles. The number of carbonyl (C=O) groups excluding carboxylic acids is 1. The van der Waals surface area contributed by atoms with Gasteiger partial charge in [0.2, 0.25) is 0 Å². The molecule has 0 aliphatic rings. The van der Waals surface area contributed by atoms with E-state index in [-0.39, 0.29) is 6.79 Å². The Morgan fingerprint density at radius 3 is 2.75 bits per heavy atom. The van der Waals surface area contributed by atoms with Crippen LogP contribution in [0.15, 0.2) is 24.3 Å². The van der Waals surface area contributed by atoms with E-state index in [0.29, 0.717) is 25.4 Å². The summed E-state index contributed by atoms with van der Waals surface area (Å²) in [7, 11) is 1.62. The van der Waals surface area contributed by atoms with Gasteiger partial charge in [-0.1, -0.05) is 24.3 Å². The minimum atomic E-state index is 0.205. The zero-order valence-corrected chi connectivity index (χ0v) is 9.35. The summed E-state index contributed by atoms with van der Waals surface area (Å²) < 4.78 is 15.2. The molecule has 4 heteroatoms. The van der Waals surface area contributed by atoms with Crippen molar-refractivity contribution < 1.29 is 19.0 Å². The molecule has 0 unspecified atom stereocenters. The first-order valence-electron chi connectivity index (χ1n) is 5.06. The molecule has 0 aliphatic carbocycles. The maximum atomic E-state index is 10.7. The van der Waals surface area contributed by atoms with Crippen molar-refractivity contribution in [2.24, 2.45) is 0 Å². The van der Waals surface area contributed by atoms with Gasteiger partial charge in [0.05, 0.1) is 19.8 Å². The van der Waals surface area contributed by atoms with E-state index < -0.39 is 0 Å². The Labute approximate surface area is 95.1 Å². The molecule has 0 atom stereocenters. The zero-order valence-electron chi connectivity index (χ0n) is 9.35. The van der Waals surface area contributed by atoms with Gasteiger partial charge < -0.3 is 14.2 Å². The van der Waals surface area contributed by atoms with Crippen molar-refractivity contribution in [1.29, 1.82) is 0 Å². The highest BCUT2D eigenvalue weighted by Gasteiger charge is 1.99. The average molecular weight is 224 g/mol. The monoisotopic (exact) mass is 224 g/mol. The van der Waals surface area contributed by atoms with Crippen LogP contribution in [0.2, 0.25) is 0 Å². The van der Waals surface area contributed by atoms with Crippen LogP contribution in [-0.2, 0) is 20.8 Å². The van der Waals surface area contributed by atoms with Crippen LogP contribution >= 0.6 is 0 Å². The van der Waals surface area contributed by atoms with Gasteiger partial charge in [0.15, 0.2) is 0 Å². The second-order valence-corrected chi connectivity index (χ2v) is 3.18. The molecular weight excluding hydrogens is 208 g/mol. The van der Waals surface area contributed by atoms with Gasteiger partial charge in [0.25, 0.3) is 0 Å². The number of benzene rings is 1. The minimum Gasteiger partial charge on any atom is -0.382 e. The quantitative estimate of drug-likeness (QED) is 0.382. The second-order valence-electron chi connectivity index (χ2n) is 3.18. The average Bonchev–Trinajstić information content (AvgIpc) is 2.34. The number of aldehydes is 1. The maximum absolute atomic E-state index is 10.7. The fraction of sp³-hybridized carbons (Fsp3) is 0.417. The van der Waals surface area contributed by atoms with Gasteiger partial charge in [-0.2, -0.15) is 0 Å². The highest BCUT2D eigenvalue weighted by molar-refractivity contribution is 5.76. The fourth-order valence-corrected chi connectivity index (χ4v) is 1.19. The molecule has 1 rings (SSSR count). The van der Waals surface area contributed by atoms with Crippen LogP contribution in [0.4, 0.5) is 0 Å². The molecule has 0 saturated carbocycles. The Hall–Kier alpha value is -1.23. The summed E-state index contributed by atoms with van der Waals surface area (Å²) in [4.78, 5) is 10.7. The van der Waals surface area contributed by atoms with Crippen LogP contribution in [0.3, 0.4) is 0 Å². The molecular formula is C12H16O4. The van der Waals surface area contributed by atoms with Crippen molar-refractivity contribution in [1.82, 2.24) is 0 Å². The summed E-state index contributed by atoms with van der Waals surface area (Å²) in [6, 6.07) is 7.32. The van der Waals surface area contributed by atoms with E-state index in [9.17, 15) is 4.79 Å². The molecule has 4 nitrogen and oxygen atoms in total. The largest absolute Gasteiger partial charge is 0.382 e. The predicted molar refractivity (Wildman–Crippen MR) is 59.3 cm³/mol. The van der Waals surface area contributed by atoms with E-state index in [0.717, 1.165) is 11.8 Å². The van der Waals surface area contributed by atoms with Crippen molar-refractivity contribution in [3.05, 3.63) is 35.4 Å². The Morgan fingerprint density at radius 1 is 1.19 bits per heavy atom. The normalized spacial score (nSPS) is 10.3. The van der Waals surface area contributed by atoms with Crippen LogP contribution in [0.1, 0.15) is 15.9 Å². The van der Waals surface area contributed by atoms with Crippen LogP contribution in [-0.4, -0.2) is 33.4 Å². The molecule has 0 aromatic heterocycles. The van der Waals surface area contributed by atoms with Gasteiger partial charge in [-0.15, -0.1) is 0 Å². The van der Waals surface area contributed by atoms with Crippen molar-refractivity contribution in [2.75, 3.05) is 27.1 Å². The summed E-state index contributed by atoms with van der Waals surface area (Å²) in [5.74, 6) is 0. The topological polar surface area (TPSA) is 44.8 Å². The molecule has 0 heterocycles. The van der Waals surface area contributed by atoms with Gasteiger partial charge in [0, 0.05) is 12.7 Å². The zero-order chi connectivity index (χ0) is 11.6. The van der Waals surface area contributed by atoms with E-state index in [1.807, 2.05) is 18.2 Å². The van der Waals surface area contributed by atoms with E-state index in [1.54, 1.807) is 13.2 Å². The summed E-state index contributed by atoms with van der Waals surface area (Å²) in [6.07, 6.45) is 0.824. The lowest BCUT2D eigenvalue weighted by Crippen LogP contribution is -2.06. The fourth-order valence-electron chi connectivity index (χ4n) is 1.19. The Kier molecular flexibility index (Phi) is 6.41. The molecule has 88 valence electrons. The lowest BCUT2D eigenvalue weighted by atomic mass is 10.1. The third-order valence-corrected chi connectivity index (χ3v) is 2.04. The Bertz CT molecular complexity index is 312. The number of carbonyl (C=O) groups is 1. The second kappa shape index (κ2) is 7.98. The number of methoxy groups -OCH3 is 1. The Morgan fingerprint density at radius 2 is 2.00 bits per heavy atom. The number of hydrogen-bond acceptors (Lipinski definition) is 4. The van der Waals surface area contributed by atoms with Crippen LogP contribution in [0.25, 0.3) is 0 Å². The van der Waals surface area contributed by atoms with Crippen LogP contribution in [0, 0.1) is 0 Å². The van der Waals surface area contributed by atoms with E-state index >= 15 is 0 Å². The smallest absolute Gasteiger partial charge is 0.150 e. The molecule has 0 aliphatic heterocycles. The number of hydrogen-bond donors (Lipinski definition) is 0. The molecule has 16 heavy (non-hydrogen) atoms. The van der Waals surface area contributed by atoms with Gasteiger partial charge in [-0.3, -0.25) is 4.79 Å². The third kappa shape index (κ3) is 4.53. The molecule has 0 radical (unpaired) electrons.